The molecule has 1 unspecified atom stereocenters. The highest BCUT2D eigenvalue weighted by Gasteiger charge is 2.41. The Hall–Kier alpha value is -4.38. The summed E-state index contributed by atoms with van der Waals surface area (Å²) in [7, 11) is 0. The number of aryl methyl sites for hydroxylation is 1. The van der Waals surface area contributed by atoms with Gasteiger partial charge in [-0.05, 0) is 65.6 Å². The molecule has 2 amide bonds. The number of hydrogen-bond acceptors (Lipinski definition) is 3. The van der Waals surface area contributed by atoms with Crippen molar-refractivity contribution in [2.75, 3.05) is 6.54 Å². The lowest BCUT2D eigenvalue weighted by Gasteiger charge is -2.32. The van der Waals surface area contributed by atoms with Gasteiger partial charge in [0.05, 0.1) is 0 Å². The van der Waals surface area contributed by atoms with Gasteiger partial charge in [-0.1, -0.05) is 112 Å². The average Bonchev–Trinajstić information content (AvgIpc) is 3.85. The van der Waals surface area contributed by atoms with Gasteiger partial charge in [0.2, 0.25) is 11.8 Å². The molecule has 0 radical (unpaired) electrons. The number of rotatable bonds is 13. The third-order valence-electron chi connectivity index (χ3n) is 6.93. The SMILES string of the molecule is C=C/C=C(\C=C)CNC(=O)C(c1ccc(Cc2ccccc2)cc1)N(C(=O)CCc1ccc(O)cc1)C1CC1.CC. The van der Waals surface area contributed by atoms with Crippen LogP contribution in [-0.4, -0.2) is 34.4 Å². The lowest BCUT2D eigenvalue weighted by molar-refractivity contribution is -0.141. The summed E-state index contributed by atoms with van der Waals surface area (Å²) >= 11 is 0. The van der Waals surface area contributed by atoms with Crippen molar-refractivity contribution in [3.05, 3.63) is 138 Å². The summed E-state index contributed by atoms with van der Waals surface area (Å²) in [5, 5.41) is 12.6. The average molecular weight is 551 g/mol. The maximum Gasteiger partial charge on any atom is 0.247 e. The number of aromatic hydroxyl groups is 1. The van der Waals surface area contributed by atoms with Crippen LogP contribution in [0.5, 0.6) is 5.75 Å². The second-order valence-electron chi connectivity index (χ2n) is 9.90. The Balaban J connectivity index is 0.00000226. The lowest BCUT2D eigenvalue weighted by atomic mass is 9.98. The van der Waals surface area contributed by atoms with Crippen molar-refractivity contribution in [2.24, 2.45) is 0 Å². The molecule has 0 aromatic heterocycles. The van der Waals surface area contributed by atoms with Gasteiger partial charge < -0.3 is 15.3 Å². The summed E-state index contributed by atoms with van der Waals surface area (Å²) in [5.74, 6) is -0.0707. The predicted octanol–water partition coefficient (Wildman–Crippen LogP) is 7.09. The number of nitrogens with zero attached hydrogens (tertiary/aromatic N) is 1. The highest BCUT2D eigenvalue weighted by atomic mass is 16.3. The Labute approximate surface area is 244 Å². The second-order valence-corrected chi connectivity index (χ2v) is 9.90. The van der Waals surface area contributed by atoms with E-state index in [4.69, 9.17) is 0 Å². The van der Waals surface area contributed by atoms with Gasteiger partial charge in [-0.2, -0.15) is 0 Å². The summed E-state index contributed by atoms with van der Waals surface area (Å²) < 4.78 is 0. The van der Waals surface area contributed by atoms with E-state index in [1.807, 2.05) is 74.5 Å². The van der Waals surface area contributed by atoms with Crippen LogP contribution in [0, 0.1) is 0 Å². The van der Waals surface area contributed by atoms with Gasteiger partial charge in [0.25, 0.3) is 0 Å². The van der Waals surface area contributed by atoms with Crippen LogP contribution >= 0.6 is 0 Å². The molecule has 41 heavy (non-hydrogen) atoms. The van der Waals surface area contributed by atoms with Crippen LogP contribution in [0.1, 0.15) is 61.4 Å². The Morgan fingerprint density at radius 1 is 0.927 bits per heavy atom. The molecule has 0 saturated heterocycles. The molecule has 5 nitrogen and oxygen atoms in total. The van der Waals surface area contributed by atoms with Gasteiger partial charge >= 0.3 is 0 Å². The van der Waals surface area contributed by atoms with Crippen molar-refractivity contribution in [3.8, 4) is 5.75 Å². The fourth-order valence-electron chi connectivity index (χ4n) is 4.68. The number of phenolic OH excluding ortho intramolecular Hbond substituents is 1. The molecule has 4 rings (SSSR count). The van der Waals surface area contributed by atoms with E-state index in [1.165, 1.54) is 5.56 Å². The van der Waals surface area contributed by atoms with Gasteiger partial charge in [-0.3, -0.25) is 9.59 Å². The third-order valence-corrected chi connectivity index (χ3v) is 6.93. The molecule has 1 aliphatic rings. The largest absolute Gasteiger partial charge is 0.508 e. The maximum atomic E-state index is 13.7. The lowest BCUT2D eigenvalue weighted by Crippen LogP contribution is -2.45. The standard InChI is InChI=1S/C34H36N2O3.C2H6/c1-3-8-25(4-2)24-35-34(39)33(29-16-11-28(12-17-29)23-27-9-6-5-7-10-27)36(30-18-19-30)32(38)22-15-26-13-20-31(37)21-14-26;1-2/h3-14,16-17,20-21,30,33,37H,1-2,15,18-19,22-24H2,(H,35,39);1-2H3/b25-8+;. The molecular formula is C36H42N2O3. The van der Waals surface area contributed by atoms with E-state index in [0.717, 1.165) is 41.5 Å². The summed E-state index contributed by atoms with van der Waals surface area (Å²) in [6.07, 6.45) is 8.55. The second kappa shape index (κ2) is 16.0. The van der Waals surface area contributed by atoms with Crippen molar-refractivity contribution in [3.63, 3.8) is 0 Å². The molecule has 1 fully saturated rings. The zero-order valence-electron chi connectivity index (χ0n) is 24.3. The molecular weight excluding hydrogens is 508 g/mol. The number of carbonyl (C=O) groups is 2. The van der Waals surface area contributed by atoms with Gasteiger partial charge in [0.1, 0.15) is 11.8 Å². The van der Waals surface area contributed by atoms with Crippen molar-refractivity contribution < 1.29 is 14.7 Å². The quantitative estimate of drug-likeness (QED) is 0.223. The van der Waals surface area contributed by atoms with Crippen molar-refractivity contribution >= 4 is 11.8 Å². The van der Waals surface area contributed by atoms with Gasteiger partial charge in [-0.15, -0.1) is 0 Å². The first-order valence-corrected chi connectivity index (χ1v) is 14.4. The smallest absolute Gasteiger partial charge is 0.247 e. The molecule has 0 aliphatic heterocycles. The predicted molar refractivity (Wildman–Crippen MR) is 168 cm³/mol. The molecule has 5 heteroatoms. The molecule has 1 aliphatic carbocycles. The molecule has 0 bridgehead atoms. The van der Waals surface area contributed by atoms with Crippen LogP contribution in [0.25, 0.3) is 0 Å². The van der Waals surface area contributed by atoms with Crippen LogP contribution in [0.2, 0.25) is 0 Å². The summed E-state index contributed by atoms with van der Waals surface area (Å²) in [6, 6.07) is 24.5. The van der Waals surface area contributed by atoms with E-state index in [0.29, 0.717) is 13.0 Å². The number of hydrogen-bond donors (Lipinski definition) is 2. The highest BCUT2D eigenvalue weighted by molar-refractivity contribution is 5.89. The molecule has 0 spiro atoms. The number of nitrogens with one attached hydrogen (secondary N) is 1. The van der Waals surface area contributed by atoms with Crippen LogP contribution in [0.4, 0.5) is 0 Å². The maximum absolute atomic E-state index is 13.7. The van der Waals surface area contributed by atoms with E-state index in [1.54, 1.807) is 29.2 Å². The number of amides is 2. The van der Waals surface area contributed by atoms with E-state index < -0.39 is 6.04 Å². The zero-order chi connectivity index (χ0) is 29.6. The fourth-order valence-corrected chi connectivity index (χ4v) is 4.68. The van der Waals surface area contributed by atoms with Gasteiger partial charge in [0.15, 0.2) is 0 Å². The van der Waals surface area contributed by atoms with Gasteiger partial charge in [-0.25, -0.2) is 0 Å². The molecule has 1 saturated carbocycles. The molecule has 214 valence electrons. The van der Waals surface area contributed by atoms with Crippen molar-refractivity contribution in [2.45, 2.75) is 58.0 Å². The van der Waals surface area contributed by atoms with Crippen LogP contribution < -0.4 is 5.32 Å². The van der Waals surface area contributed by atoms with E-state index in [9.17, 15) is 14.7 Å². The fraction of sp³-hybridized carbons (Fsp3) is 0.278. The highest BCUT2D eigenvalue weighted by Crippen LogP contribution is 2.36. The molecule has 3 aromatic rings. The minimum absolute atomic E-state index is 0.0413. The number of phenols is 1. The first kappa shape index (κ1) is 31.2. The van der Waals surface area contributed by atoms with Crippen molar-refractivity contribution in [1.82, 2.24) is 10.2 Å². The minimum atomic E-state index is -0.731. The molecule has 3 aromatic carbocycles. The summed E-state index contributed by atoms with van der Waals surface area (Å²) in [6.45, 7) is 11.8. The molecule has 0 heterocycles. The van der Waals surface area contributed by atoms with Gasteiger partial charge in [0, 0.05) is 19.0 Å². The Morgan fingerprint density at radius 3 is 2.12 bits per heavy atom. The number of carbonyl (C=O) groups excluding carboxylic acids is 2. The van der Waals surface area contributed by atoms with Crippen LogP contribution in [0.3, 0.4) is 0 Å². The first-order chi connectivity index (χ1) is 20.0. The Bertz CT molecular complexity index is 1310. The van der Waals surface area contributed by atoms with E-state index in [2.05, 4.69) is 30.6 Å². The Morgan fingerprint density at radius 2 is 1.54 bits per heavy atom. The van der Waals surface area contributed by atoms with Crippen LogP contribution in [0.15, 0.2) is 116 Å². The first-order valence-electron chi connectivity index (χ1n) is 14.4. The topological polar surface area (TPSA) is 69.6 Å². The van der Waals surface area contributed by atoms with E-state index >= 15 is 0 Å². The normalized spacial score (nSPS) is 13.3. The summed E-state index contributed by atoms with van der Waals surface area (Å²) in [5.41, 5.74) is 4.96. The third kappa shape index (κ3) is 9.35. The molecule has 1 atom stereocenters. The van der Waals surface area contributed by atoms with Crippen molar-refractivity contribution in [1.29, 1.82) is 0 Å². The van der Waals surface area contributed by atoms with E-state index in [-0.39, 0.29) is 30.0 Å². The van der Waals surface area contributed by atoms with Crippen LogP contribution in [-0.2, 0) is 22.4 Å². The monoisotopic (exact) mass is 550 g/mol. The number of allylic oxidation sites excluding steroid dienone is 2. The zero-order valence-corrected chi connectivity index (χ0v) is 24.3. The Kier molecular flexibility index (Phi) is 12.2. The number of benzene rings is 3. The molecule has 2 N–H and O–H groups in total. The summed E-state index contributed by atoms with van der Waals surface area (Å²) in [4.78, 5) is 29.1. The minimum Gasteiger partial charge on any atom is -0.508 e.